The molecule has 18 heavy (non-hydrogen) atoms. The number of para-hydroxylation sites is 1. The summed E-state index contributed by atoms with van der Waals surface area (Å²) in [5, 5.41) is 0. The van der Waals surface area contributed by atoms with Gasteiger partial charge in [-0.1, -0.05) is 46.3 Å². The zero-order chi connectivity index (χ0) is 13.0. The third kappa shape index (κ3) is 3.20. The van der Waals surface area contributed by atoms with E-state index in [9.17, 15) is 4.79 Å². The van der Waals surface area contributed by atoms with Gasteiger partial charge in [0.25, 0.3) is 0 Å². The molecule has 0 aliphatic carbocycles. The Balaban J connectivity index is 2.06. The summed E-state index contributed by atoms with van der Waals surface area (Å²) in [5.41, 5.74) is 1.78. The van der Waals surface area contributed by atoms with E-state index in [-0.39, 0.29) is 5.78 Å². The lowest BCUT2D eigenvalue weighted by Gasteiger charge is -2.18. The standard InChI is InChI=1S/C15H14BrNO/c1-17(14-5-3-2-4-6-14)11-15(18)12-7-9-13(16)10-8-12/h2-10H,11H2,1H3. The van der Waals surface area contributed by atoms with Gasteiger partial charge in [-0.05, 0) is 24.3 Å². The summed E-state index contributed by atoms with van der Waals surface area (Å²) in [5.74, 6) is 0.119. The zero-order valence-electron chi connectivity index (χ0n) is 10.1. The normalized spacial score (nSPS) is 10.1. The lowest BCUT2D eigenvalue weighted by molar-refractivity contribution is 0.100. The van der Waals surface area contributed by atoms with Crippen molar-refractivity contribution in [3.63, 3.8) is 0 Å². The summed E-state index contributed by atoms with van der Waals surface area (Å²) < 4.78 is 0.982. The summed E-state index contributed by atoms with van der Waals surface area (Å²) in [7, 11) is 1.92. The molecule has 2 aromatic carbocycles. The molecule has 0 spiro atoms. The molecule has 0 bridgehead atoms. The molecule has 0 atom stereocenters. The van der Waals surface area contributed by atoms with Gasteiger partial charge in [-0.3, -0.25) is 4.79 Å². The van der Waals surface area contributed by atoms with Crippen LogP contribution in [0.25, 0.3) is 0 Å². The van der Waals surface area contributed by atoms with Crippen LogP contribution in [-0.2, 0) is 0 Å². The molecule has 0 N–H and O–H groups in total. The second-order valence-corrected chi connectivity index (χ2v) is 5.04. The van der Waals surface area contributed by atoms with Crippen molar-refractivity contribution < 1.29 is 4.79 Å². The van der Waals surface area contributed by atoms with Gasteiger partial charge < -0.3 is 4.90 Å². The first-order valence-electron chi connectivity index (χ1n) is 5.72. The van der Waals surface area contributed by atoms with Crippen LogP contribution in [0.2, 0.25) is 0 Å². The second-order valence-electron chi connectivity index (χ2n) is 4.12. The maximum absolute atomic E-state index is 12.1. The smallest absolute Gasteiger partial charge is 0.182 e. The number of carbonyl (C=O) groups is 1. The van der Waals surface area contributed by atoms with E-state index in [4.69, 9.17) is 0 Å². The molecule has 0 aliphatic rings. The highest BCUT2D eigenvalue weighted by Gasteiger charge is 2.09. The Morgan fingerprint density at radius 1 is 1.06 bits per heavy atom. The largest absolute Gasteiger partial charge is 0.367 e. The number of hydrogen-bond acceptors (Lipinski definition) is 2. The lowest BCUT2D eigenvalue weighted by Crippen LogP contribution is -2.25. The Kier molecular flexibility index (Phi) is 4.15. The summed E-state index contributed by atoms with van der Waals surface area (Å²) in [4.78, 5) is 14.0. The molecule has 0 aliphatic heterocycles. The summed E-state index contributed by atoms with van der Waals surface area (Å²) in [6.07, 6.45) is 0. The van der Waals surface area contributed by atoms with Gasteiger partial charge in [0.05, 0.1) is 6.54 Å². The molecule has 2 aromatic rings. The monoisotopic (exact) mass is 303 g/mol. The molecule has 2 rings (SSSR count). The van der Waals surface area contributed by atoms with Crippen molar-refractivity contribution in [1.29, 1.82) is 0 Å². The first kappa shape index (κ1) is 12.8. The Morgan fingerprint density at radius 3 is 2.28 bits per heavy atom. The molecule has 0 aromatic heterocycles. The van der Waals surface area contributed by atoms with Crippen molar-refractivity contribution in [3.8, 4) is 0 Å². The van der Waals surface area contributed by atoms with Crippen LogP contribution < -0.4 is 4.90 Å². The summed E-state index contributed by atoms with van der Waals surface area (Å²) >= 11 is 3.36. The number of halogens is 1. The Morgan fingerprint density at radius 2 is 1.67 bits per heavy atom. The molecule has 0 unspecified atom stereocenters. The fourth-order valence-electron chi connectivity index (χ4n) is 1.72. The van der Waals surface area contributed by atoms with Gasteiger partial charge in [0.15, 0.2) is 5.78 Å². The van der Waals surface area contributed by atoms with E-state index in [1.54, 1.807) is 0 Å². The minimum Gasteiger partial charge on any atom is -0.367 e. The van der Waals surface area contributed by atoms with Crippen molar-refractivity contribution in [3.05, 3.63) is 64.6 Å². The average Bonchev–Trinajstić information content (AvgIpc) is 2.40. The van der Waals surface area contributed by atoms with Crippen molar-refractivity contribution >= 4 is 27.4 Å². The van der Waals surface area contributed by atoms with Crippen LogP contribution in [0.15, 0.2) is 59.1 Å². The molecule has 0 heterocycles. The van der Waals surface area contributed by atoms with Crippen LogP contribution in [0.3, 0.4) is 0 Å². The van der Waals surface area contributed by atoms with E-state index in [2.05, 4.69) is 15.9 Å². The maximum Gasteiger partial charge on any atom is 0.182 e. The quantitative estimate of drug-likeness (QED) is 0.801. The number of benzene rings is 2. The van der Waals surface area contributed by atoms with Gasteiger partial charge >= 0.3 is 0 Å². The molecule has 0 saturated carbocycles. The van der Waals surface area contributed by atoms with Gasteiger partial charge in [-0.15, -0.1) is 0 Å². The van der Waals surface area contributed by atoms with Crippen molar-refractivity contribution in [2.75, 3.05) is 18.5 Å². The van der Waals surface area contributed by atoms with E-state index < -0.39 is 0 Å². The number of ketones is 1. The first-order chi connectivity index (χ1) is 8.66. The van der Waals surface area contributed by atoms with Gasteiger partial charge in [0.2, 0.25) is 0 Å². The van der Waals surface area contributed by atoms with Crippen LogP contribution in [0, 0.1) is 0 Å². The number of hydrogen-bond donors (Lipinski definition) is 0. The zero-order valence-corrected chi connectivity index (χ0v) is 11.7. The Hall–Kier alpha value is -1.61. The summed E-state index contributed by atoms with van der Waals surface area (Å²) in [6.45, 7) is 0.381. The number of likely N-dealkylation sites (N-methyl/N-ethyl adjacent to an activating group) is 1. The predicted molar refractivity (Wildman–Crippen MR) is 78.2 cm³/mol. The lowest BCUT2D eigenvalue weighted by atomic mass is 10.1. The maximum atomic E-state index is 12.1. The number of rotatable bonds is 4. The third-order valence-corrected chi connectivity index (χ3v) is 3.27. The molecule has 0 radical (unpaired) electrons. The van der Waals surface area contributed by atoms with Gasteiger partial charge in [0, 0.05) is 22.8 Å². The van der Waals surface area contributed by atoms with Crippen molar-refractivity contribution in [2.45, 2.75) is 0 Å². The van der Waals surface area contributed by atoms with E-state index >= 15 is 0 Å². The highest BCUT2D eigenvalue weighted by molar-refractivity contribution is 9.10. The first-order valence-corrected chi connectivity index (χ1v) is 6.51. The van der Waals surface area contributed by atoms with Gasteiger partial charge in [0.1, 0.15) is 0 Å². The SMILES string of the molecule is CN(CC(=O)c1ccc(Br)cc1)c1ccccc1. The third-order valence-electron chi connectivity index (χ3n) is 2.74. The van der Waals surface area contributed by atoms with E-state index in [1.165, 1.54) is 0 Å². The molecular weight excluding hydrogens is 290 g/mol. The van der Waals surface area contributed by atoms with E-state index in [0.717, 1.165) is 15.7 Å². The van der Waals surface area contributed by atoms with Crippen LogP contribution in [0.4, 0.5) is 5.69 Å². The molecular formula is C15H14BrNO. The number of nitrogens with zero attached hydrogens (tertiary/aromatic N) is 1. The Bertz CT molecular complexity index is 522. The van der Waals surface area contributed by atoms with Crippen molar-refractivity contribution in [2.24, 2.45) is 0 Å². The van der Waals surface area contributed by atoms with Crippen LogP contribution >= 0.6 is 15.9 Å². The predicted octanol–water partition coefficient (Wildman–Crippen LogP) is 3.77. The average molecular weight is 304 g/mol. The molecule has 0 amide bonds. The highest BCUT2D eigenvalue weighted by atomic mass is 79.9. The van der Waals surface area contributed by atoms with Crippen molar-refractivity contribution in [1.82, 2.24) is 0 Å². The molecule has 3 heteroatoms. The highest BCUT2D eigenvalue weighted by Crippen LogP contribution is 2.14. The fraction of sp³-hybridized carbons (Fsp3) is 0.133. The van der Waals surface area contributed by atoms with E-state index in [0.29, 0.717) is 6.54 Å². The molecule has 2 nitrogen and oxygen atoms in total. The topological polar surface area (TPSA) is 20.3 Å². The molecule has 0 fully saturated rings. The van der Waals surface area contributed by atoms with E-state index in [1.807, 2.05) is 66.5 Å². The van der Waals surface area contributed by atoms with Crippen LogP contribution in [0.1, 0.15) is 10.4 Å². The van der Waals surface area contributed by atoms with Crippen LogP contribution in [-0.4, -0.2) is 19.4 Å². The van der Waals surface area contributed by atoms with Crippen LogP contribution in [0.5, 0.6) is 0 Å². The Labute approximate surface area is 115 Å². The minimum atomic E-state index is 0.119. The number of carbonyl (C=O) groups excluding carboxylic acids is 1. The molecule has 0 saturated heterocycles. The summed E-state index contributed by atoms with van der Waals surface area (Å²) in [6, 6.07) is 17.3. The fourth-order valence-corrected chi connectivity index (χ4v) is 1.98. The van der Waals surface area contributed by atoms with Gasteiger partial charge in [-0.2, -0.15) is 0 Å². The number of anilines is 1. The van der Waals surface area contributed by atoms with Gasteiger partial charge in [-0.25, -0.2) is 0 Å². The minimum absolute atomic E-state index is 0.119. The number of Topliss-reactive ketones (excluding diaryl/α,β-unsaturated/α-hetero) is 1. The molecule has 92 valence electrons. The second kappa shape index (κ2) is 5.83.